The van der Waals surface area contributed by atoms with Gasteiger partial charge in [-0.15, -0.1) is 0 Å². The summed E-state index contributed by atoms with van der Waals surface area (Å²) in [6, 6.07) is 16.0. The van der Waals surface area contributed by atoms with Crippen LogP contribution >= 0.6 is 0 Å². The van der Waals surface area contributed by atoms with E-state index in [-0.39, 0.29) is 11.9 Å². The zero-order valence-corrected chi connectivity index (χ0v) is 19.3. The molecule has 0 spiro atoms. The first-order chi connectivity index (χ1) is 16.2. The summed E-state index contributed by atoms with van der Waals surface area (Å²) < 4.78 is 0. The molecule has 2 aliphatic rings. The Morgan fingerprint density at radius 2 is 1.85 bits per heavy atom. The highest BCUT2D eigenvalue weighted by molar-refractivity contribution is 5.92. The van der Waals surface area contributed by atoms with Crippen LogP contribution in [0.1, 0.15) is 64.9 Å². The topological polar surface area (TPSA) is 62.2 Å². The number of pyridine rings is 1. The summed E-state index contributed by atoms with van der Waals surface area (Å²) in [6.45, 7) is 4.76. The molecule has 0 unspecified atom stereocenters. The van der Waals surface area contributed by atoms with Gasteiger partial charge in [-0.05, 0) is 63.1 Å². The number of likely N-dealkylation sites (tertiary alicyclic amines) is 1. The van der Waals surface area contributed by atoms with Crippen molar-refractivity contribution in [3.63, 3.8) is 0 Å². The highest BCUT2D eigenvalue weighted by Gasteiger charge is 2.33. The number of amides is 1. The average molecular weight is 442 g/mol. The van der Waals surface area contributed by atoms with Crippen LogP contribution in [0.25, 0.3) is 0 Å². The summed E-state index contributed by atoms with van der Waals surface area (Å²) >= 11 is 0. The van der Waals surface area contributed by atoms with Gasteiger partial charge in [0.1, 0.15) is 11.5 Å². The van der Waals surface area contributed by atoms with Gasteiger partial charge in [0.25, 0.3) is 5.91 Å². The Morgan fingerprint density at radius 3 is 2.67 bits per heavy atom. The van der Waals surface area contributed by atoms with E-state index in [2.05, 4.69) is 47.1 Å². The molecule has 3 aromatic rings. The fourth-order valence-corrected chi connectivity index (χ4v) is 5.06. The lowest BCUT2D eigenvalue weighted by atomic mass is 9.99. The Kier molecular flexibility index (Phi) is 6.33. The van der Waals surface area contributed by atoms with Crippen molar-refractivity contribution < 1.29 is 4.79 Å². The number of carbonyl (C=O) groups excluding carboxylic acids is 1. The second-order valence-electron chi connectivity index (χ2n) is 9.02. The third kappa shape index (κ3) is 4.61. The van der Waals surface area contributed by atoms with Crippen LogP contribution in [-0.2, 0) is 12.8 Å². The van der Waals surface area contributed by atoms with Crippen LogP contribution in [0.15, 0.2) is 54.7 Å². The van der Waals surface area contributed by atoms with Crippen molar-refractivity contribution >= 4 is 11.7 Å². The first-order valence-corrected chi connectivity index (χ1v) is 12.1. The molecule has 0 N–H and O–H groups in total. The molecule has 0 bridgehead atoms. The molecule has 0 aliphatic carbocycles. The Morgan fingerprint density at radius 1 is 1.00 bits per heavy atom. The average Bonchev–Trinajstić information content (AvgIpc) is 2.88. The van der Waals surface area contributed by atoms with Crippen LogP contribution in [-0.4, -0.2) is 45.4 Å². The lowest BCUT2D eigenvalue weighted by Gasteiger charge is -2.36. The number of hydrogen-bond donors (Lipinski definition) is 0. The van der Waals surface area contributed by atoms with Crippen LogP contribution in [0.4, 0.5) is 5.82 Å². The Hall–Kier alpha value is -3.28. The van der Waals surface area contributed by atoms with Crippen molar-refractivity contribution in [1.29, 1.82) is 0 Å². The third-order valence-corrected chi connectivity index (χ3v) is 6.82. The maximum absolute atomic E-state index is 13.3. The smallest absolute Gasteiger partial charge is 0.273 e. The first kappa shape index (κ1) is 21.6. The van der Waals surface area contributed by atoms with E-state index in [1.807, 2.05) is 17.0 Å². The van der Waals surface area contributed by atoms with E-state index < -0.39 is 0 Å². The van der Waals surface area contributed by atoms with Crippen molar-refractivity contribution in [2.24, 2.45) is 0 Å². The van der Waals surface area contributed by atoms with Crippen molar-refractivity contribution in [3.8, 4) is 0 Å². The molecular formula is C27H31N5O. The van der Waals surface area contributed by atoms with E-state index in [1.54, 1.807) is 12.3 Å². The van der Waals surface area contributed by atoms with Crippen molar-refractivity contribution in [3.05, 3.63) is 83.1 Å². The van der Waals surface area contributed by atoms with Gasteiger partial charge >= 0.3 is 0 Å². The molecule has 4 heterocycles. The van der Waals surface area contributed by atoms with Gasteiger partial charge in [-0.2, -0.15) is 0 Å². The van der Waals surface area contributed by atoms with E-state index in [9.17, 15) is 4.79 Å². The van der Waals surface area contributed by atoms with Gasteiger partial charge in [0.15, 0.2) is 5.82 Å². The quantitative estimate of drug-likeness (QED) is 0.582. The van der Waals surface area contributed by atoms with Crippen LogP contribution in [0.3, 0.4) is 0 Å². The number of hydrogen-bond acceptors (Lipinski definition) is 5. The Balaban J connectivity index is 1.43. The molecule has 33 heavy (non-hydrogen) atoms. The number of piperidine rings is 1. The number of fused-ring (bicyclic) bond motifs is 1. The predicted octanol–water partition coefficient (Wildman–Crippen LogP) is 4.54. The van der Waals surface area contributed by atoms with Crippen molar-refractivity contribution in [2.75, 3.05) is 24.5 Å². The number of rotatable bonds is 5. The Labute approximate surface area is 195 Å². The molecule has 1 aromatic carbocycles. The zero-order chi connectivity index (χ0) is 22.6. The minimum absolute atomic E-state index is 0.0276. The second kappa shape index (κ2) is 9.69. The molecule has 1 fully saturated rings. The summed E-state index contributed by atoms with van der Waals surface area (Å²) in [4.78, 5) is 32.0. The van der Waals surface area contributed by atoms with Gasteiger partial charge in [-0.25, -0.2) is 9.97 Å². The molecule has 6 heteroatoms. The summed E-state index contributed by atoms with van der Waals surface area (Å²) in [5, 5.41) is 0. The second-order valence-corrected chi connectivity index (χ2v) is 9.02. The van der Waals surface area contributed by atoms with Crippen molar-refractivity contribution in [2.45, 2.75) is 51.5 Å². The number of nitrogens with zero attached hydrogens (tertiary/aromatic N) is 5. The van der Waals surface area contributed by atoms with Crippen LogP contribution in [0.5, 0.6) is 0 Å². The number of carbonyl (C=O) groups is 1. The van der Waals surface area contributed by atoms with E-state index in [0.29, 0.717) is 5.69 Å². The predicted molar refractivity (Wildman–Crippen MR) is 129 cm³/mol. The maximum atomic E-state index is 13.3. The van der Waals surface area contributed by atoms with Crippen LogP contribution in [0.2, 0.25) is 0 Å². The standard InChI is InChI=1S/C27H31N5O/c1-20-22-12-9-17-31(19-15-21-10-3-2-4-11-21)26(22)30-25(29-20)24-14-6-8-18-32(24)27(33)23-13-5-7-16-28-23/h2-5,7,10-11,13,16,24H,6,8-9,12,14-15,17-19H2,1H3/t24-/m1/s1. The summed E-state index contributed by atoms with van der Waals surface area (Å²) in [5.74, 6) is 1.82. The SMILES string of the molecule is Cc1nc([C@H]2CCCCN2C(=O)c2ccccn2)nc2c1CCCN2CCc1ccccc1. The van der Waals surface area contributed by atoms with Gasteiger partial charge in [-0.1, -0.05) is 36.4 Å². The maximum Gasteiger partial charge on any atom is 0.273 e. The molecule has 2 aromatic heterocycles. The van der Waals surface area contributed by atoms with Crippen LogP contribution in [0, 0.1) is 6.92 Å². The molecule has 0 saturated carbocycles. The highest BCUT2D eigenvalue weighted by atomic mass is 16.2. The van der Waals surface area contributed by atoms with E-state index in [1.165, 1.54) is 11.1 Å². The lowest BCUT2D eigenvalue weighted by molar-refractivity contribution is 0.0593. The number of aromatic nitrogens is 3. The molecule has 170 valence electrons. The monoisotopic (exact) mass is 441 g/mol. The molecule has 1 atom stereocenters. The normalized spacial score (nSPS) is 18.2. The van der Waals surface area contributed by atoms with Gasteiger partial charge in [0.2, 0.25) is 0 Å². The number of aryl methyl sites for hydroxylation is 1. The molecule has 5 rings (SSSR count). The minimum atomic E-state index is -0.102. The zero-order valence-electron chi connectivity index (χ0n) is 19.3. The fraction of sp³-hybridized carbons (Fsp3) is 0.407. The van der Waals surface area contributed by atoms with Gasteiger partial charge in [0.05, 0.1) is 6.04 Å². The van der Waals surface area contributed by atoms with Crippen molar-refractivity contribution in [1.82, 2.24) is 19.9 Å². The molecule has 6 nitrogen and oxygen atoms in total. The third-order valence-electron chi connectivity index (χ3n) is 6.82. The van der Waals surface area contributed by atoms with Gasteiger partial charge in [-0.3, -0.25) is 9.78 Å². The summed E-state index contributed by atoms with van der Waals surface area (Å²) in [5.41, 5.74) is 4.14. The lowest BCUT2D eigenvalue weighted by Crippen LogP contribution is -2.40. The Bertz CT molecular complexity index is 1100. The number of benzene rings is 1. The molecule has 1 amide bonds. The minimum Gasteiger partial charge on any atom is -0.356 e. The highest BCUT2D eigenvalue weighted by Crippen LogP contribution is 2.34. The largest absolute Gasteiger partial charge is 0.356 e. The van der Waals surface area contributed by atoms with Crippen LogP contribution < -0.4 is 4.90 Å². The van der Waals surface area contributed by atoms with Gasteiger partial charge in [0, 0.05) is 37.1 Å². The molecular weight excluding hydrogens is 410 g/mol. The van der Waals surface area contributed by atoms with Gasteiger partial charge < -0.3 is 9.80 Å². The number of anilines is 1. The first-order valence-electron chi connectivity index (χ1n) is 12.1. The summed E-state index contributed by atoms with van der Waals surface area (Å²) in [6.07, 6.45) is 7.78. The van der Waals surface area contributed by atoms with E-state index in [4.69, 9.17) is 9.97 Å². The summed E-state index contributed by atoms with van der Waals surface area (Å²) in [7, 11) is 0. The molecule has 1 saturated heterocycles. The van der Waals surface area contributed by atoms with E-state index >= 15 is 0 Å². The fourth-order valence-electron chi connectivity index (χ4n) is 5.06. The molecule has 2 aliphatic heterocycles. The molecule has 0 radical (unpaired) electrons. The van der Waals surface area contributed by atoms with E-state index in [0.717, 1.165) is 75.5 Å².